The molecule has 2 aromatic heterocycles. The highest BCUT2D eigenvalue weighted by molar-refractivity contribution is 7.99. The van der Waals surface area contributed by atoms with E-state index in [-0.39, 0.29) is 25.1 Å². The quantitative estimate of drug-likeness (QED) is 0.0855. The Morgan fingerprint density at radius 1 is 0.919 bits per heavy atom. The number of alkyl carbamates (subject to hydrolysis) is 1. The Morgan fingerprint density at radius 3 is 2.29 bits per heavy atom. The lowest BCUT2D eigenvalue weighted by atomic mass is 9.84. The first-order chi connectivity index (χ1) is 30.3. The summed E-state index contributed by atoms with van der Waals surface area (Å²) in [4.78, 5) is 45.8. The summed E-state index contributed by atoms with van der Waals surface area (Å²) in [7, 11) is 1.23. The molecule has 1 fully saturated rings. The SMILES string of the molecule is COC(=O)N(C(=O)[C@@H](N)C(c1ccccc1)c1ccccc1)c1ccccc1CC[C@@H]1CN[C@H](COC(=O)NCc2ccc(F)cc2)[C@@H](CSc2nnc(-c3ccncc3)o2)O1. The topological polar surface area (TPSA) is 184 Å². The van der Waals surface area contributed by atoms with Gasteiger partial charge in [0.15, 0.2) is 0 Å². The number of halogens is 1. The molecule has 1 saturated heterocycles. The zero-order valence-corrected chi connectivity index (χ0v) is 34.7. The van der Waals surface area contributed by atoms with Crippen LogP contribution in [0.25, 0.3) is 11.5 Å². The second-order valence-corrected chi connectivity index (χ2v) is 15.4. The number of aryl methyl sites for hydroxylation is 1. The molecule has 4 atom stereocenters. The molecule has 1 aliphatic heterocycles. The van der Waals surface area contributed by atoms with E-state index in [9.17, 15) is 18.8 Å². The number of imide groups is 1. The van der Waals surface area contributed by atoms with Crippen molar-refractivity contribution in [1.82, 2.24) is 25.8 Å². The number of anilines is 1. The monoisotopic (exact) mass is 859 g/mol. The maximum atomic E-state index is 14.5. The number of para-hydroxylation sites is 1. The van der Waals surface area contributed by atoms with Crippen LogP contribution >= 0.6 is 11.8 Å². The van der Waals surface area contributed by atoms with Gasteiger partial charge in [-0.15, -0.1) is 10.2 Å². The number of carbonyl (C=O) groups excluding carboxylic acids is 3. The summed E-state index contributed by atoms with van der Waals surface area (Å²) in [6.07, 6.45) is 1.90. The summed E-state index contributed by atoms with van der Waals surface area (Å²) in [5.74, 6) is -0.811. The van der Waals surface area contributed by atoms with Gasteiger partial charge in [0.2, 0.25) is 5.89 Å². The maximum absolute atomic E-state index is 14.5. The average Bonchev–Trinajstić information content (AvgIpc) is 3.80. The van der Waals surface area contributed by atoms with Gasteiger partial charge in [-0.2, -0.15) is 0 Å². The summed E-state index contributed by atoms with van der Waals surface area (Å²) in [6.45, 7) is 0.576. The van der Waals surface area contributed by atoms with E-state index in [0.717, 1.165) is 27.2 Å². The van der Waals surface area contributed by atoms with E-state index in [4.69, 9.17) is 24.4 Å². The van der Waals surface area contributed by atoms with Crippen molar-refractivity contribution in [1.29, 1.82) is 0 Å². The number of ether oxygens (including phenoxy) is 3. The van der Waals surface area contributed by atoms with E-state index < -0.39 is 42.2 Å². The molecule has 0 unspecified atom stereocenters. The van der Waals surface area contributed by atoms with Crippen LogP contribution in [0.3, 0.4) is 0 Å². The van der Waals surface area contributed by atoms with Crippen LogP contribution in [0.1, 0.15) is 34.6 Å². The van der Waals surface area contributed by atoms with E-state index >= 15 is 0 Å². The smallest absolute Gasteiger partial charge is 0.420 e. The third kappa shape index (κ3) is 11.3. The second kappa shape index (κ2) is 21.4. The number of amides is 3. The molecule has 7 rings (SSSR count). The Balaban J connectivity index is 1.05. The number of nitrogens with zero attached hydrogens (tertiary/aromatic N) is 4. The summed E-state index contributed by atoms with van der Waals surface area (Å²) in [6, 6.07) is 33.9. The van der Waals surface area contributed by atoms with Crippen LogP contribution in [0.4, 0.5) is 19.7 Å². The Morgan fingerprint density at radius 2 is 1.60 bits per heavy atom. The second-order valence-electron chi connectivity index (χ2n) is 14.4. The van der Waals surface area contributed by atoms with Gasteiger partial charge in [0.1, 0.15) is 12.4 Å². The van der Waals surface area contributed by atoms with Gasteiger partial charge in [0.05, 0.1) is 37.1 Å². The van der Waals surface area contributed by atoms with Crippen LogP contribution in [-0.2, 0) is 32.0 Å². The maximum Gasteiger partial charge on any atom is 0.420 e. The van der Waals surface area contributed by atoms with Gasteiger partial charge >= 0.3 is 12.2 Å². The fraction of sp³-hybridized carbons (Fsp3) is 0.261. The molecule has 6 aromatic rings. The first-order valence-corrected chi connectivity index (χ1v) is 21.0. The molecular weight excluding hydrogens is 814 g/mol. The predicted octanol–water partition coefficient (Wildman–Crippen LogP) is 6.91. The van der Waals surface area contributed by atoms with Crippen molar-refractivity contribution in [2.45, 2.75) is 54.8 Å². The van der Waals surface area contributed by atoms with Crippen molar-refractivity contribution >= 4 is 35.5 Å². The van der Waals surface area contributed by atoms with Gasteiger partial charge in [-0.05, 0) is 65.4 Å². The Kier molecular flexibility index (Phi) is 15.0. The van der Waals surface area contributed by atoms with Crippen molar-refractivity contribution in [3.63, 3.8) is 0 Å². The molecule has 4 aromatic carbocycles. The van der Waals surface area contributed by atoms with Crippen molar-refractivity contribution < 1.29 is 37.4 Å². The number of thioether (sulfide) groups is 1. The summed E-state index contributed by atoms with van der Waals surface area (Å²) < 4.78 is 36.7. The van der Waals surface area contributed by atoms with Crippen molar-refractivity contribution in [2.24, 2.45) is 5.73 Å². The number of benzene rings is 4. The lowest BCUT2D eigenvalue weighted by molar-refractivity contribution is -0.119. The molecule has 4 N–H and O–H groups in total. The molecule has 0 aliphatic carbocycles. The number of hydrogen-bond acceptors (Lipinski definition) is 13. The van der Waals surface area contributed by atoms with E-state index in [0.29, 0.717) is 47.5 Å². The molecule has 0 radical (unpaired) electrons. The molecule has 3 amide bonds. The number of aromatic nitrogens is 3. The molecule has 62 heavy (non-hydrogen) atoms. The summed E-state index contributed by atoms with van der Waals surface area (Å²) in [5, 5.41) is 14.9. The fourth-order valence-corrected chi connectivity index (χ4v) is 8.05. The van der Waals surface area contributed by atoms with Crippen LogP contribution in [0, 0.1) is 5.82 Å². The largest absolute Gasteiger partial charge is 0.452 e. The number of hydrogen-bond donors (Lipinski definition) is 3. The molecule has 0 bridgehead atoms. The molecule has 3 heterocycles. The zero-order valence-electron chi connectivity index (χ0n) is 33.8. The van der Waals surface area contributed by atoms with Gasteiger partial charge < -0.3 is 35.0 Å². The molecule has 14 nitrogen and oxygen atoms in total. The lowest BCUT2D eigenvalue weighted by Crippen LogP contribution is -2.56. The van der Waals surface area contributed by atoms with Gasteiger partial charge in [-0.25, -0.2) is 18.9 Å². The number of nitrogens with two attached hydrogens (primary N) is 1. The number of rotatable bonds is 16. The normalized spacial score (nSPS) is 16.6. The zero-order chi connectivity index (χ0) is 43.3. The van der Waals surface area contributed by atoms with Crippen LogP contribution < -0.4 is 21.3 Å². The van der Waals surface area contributed by atoms with Crippen molar-refractivity contribution in [3.05, 3.63) is 162 Å². The third-order valence-electron chi connectivity index (χ3n) is 10.4. The average molecular weight is 860 g/mol. The molecule has 0 spiro atoms. The highest BCUT2D eigenvalue weighted by Crippen LogP contribution is 2.32. The number of morpholine rings is 1. The van der Waals surface area contributed by atoms with Crippen molar-refractivity contribution in [2.75, 3.05) is 30.9 Å². The number of pyridine rings is 1. The first kappa shape index (κ1) is 43.6. The Bertz CT molecular complexity index is 2340. The van der Waals surface area contributed by atoms with Gasteiger partial charge in [-0.1, -0.05) is 103 Å². The predicted molar refractivity (Wildman–Crippen MR) is 231 cm³/mol. The van der Waals surface area contributed by atoms with Crippen LogP contribution in [0.5, 0.6) is 0 Å². The molecule has 320 valence electrons. The van der Waals surface area contributed by atoms with E-state index in [1.807, 2.05) is 72.8 Å². The third-order valence-corrected chi connectivity index (χ3v) is 11.3. The molecule has 1 aliphatic rings. The van der Waals surface area contributed by atoms with Gasteiger partial charge in [-0.3, -0.25) is 9.78 Å². The highest BCUT2D eigenvalue weighted by Gasteiger charge is 2.37. The number of carbonyl (C=O) groups is 3. The van der Waals surface area contributed by atoms with Crippen LogP contribution in [0.2, 0.25) is 0 Å². The van der Waals surface area contributed by atoms with Crippen LogP contribution in [-0.4, -0.2) is 83.6 Å². The highest BCUT2D eigenvalue weighted by atomic mass is 32.2. The Hall–Kier alpha value is -6.46. The van der Waals surface area contributed by atoms with Gasteiger partial charge in [0, 0.05) is 42.7 Å². The Labute approximate surface area is 362 Å². The number of methoxy groups -OCH3 is 1. The number of nitrogens with one attached hydrogen (secondary N) is 2. The van der Waals surface area contributed by atoms with Gasteiger partial charge in [0.25, 0.3) is 11.1 Å². The minimum Gasteiger partial charge on any atom is -0.452 e. The summed E-state index contributed by atoms with van der Waals surface area (Å²) >= 11 is 1.31. The summed E-state index contributed by atoms with van der Waals surface area (Å²) in [5.41, 5.74) is 11.0. The molecule has 16 heteroatoms. The first-order valence-electron chi connectivity index (χ1n) is 20.0. The lowest BCUT2D eigenvalue weighted by Gasteiger charge is -2.37. The van der Waals surface area contributed by atoms with E-state index in [1.165, 1.54) is 31.0 Å². The molecular formula is C46H46FN7O7S. The minimum atomic E-state index is -1.14. The van der Waals surface area contributed by atoms with Crippen LogP contribution in [0.15, 0.2) is 143 Å². The van der Waals surface area contributed by atoms with Crippen molar-refractivity contribution in [3.8, 4) is 11.5 Å². The molecule has 0 saturated carbocycles. The minimum absolute atomic E-state index is 0.00839. The van der Waals surface area contributed by atoms with E-state index in [1.54, 1.807) is 48.8 Å². The fourth-order valence-electron chi connectivity index (χ4n) is 7.20. The van der Waals surface area contributed by atoms with E-state index in [2.05, 4.69) is 25.8 Å². The standard InChI is InChI=1S/C46H46FN7O7S/c1-58-46(57)54(43(55)41(48)40(32-11-4-2-5-12-32)33-13-6-3-7-14-33)38-15-9-8-10-31(38)18-21-36-27-50-37(28-59-44(56)51-26-30-16-19-35(47)20-17-30)39(60-36)29-62-45-53-52-42(61-45)34-22-24-49-25-23-34/h2-17,19-20,22-25,36-37,39-41,50H,18,21,26-29,48H2,1H3,(H,51,56)/t36-,37-,39-,41+/m1/s1.